The van der Waals surface area contributed by atoms with Crippen molar-refractivity contribution in [3.05, 3.63) is 53.9 Å². The van der Waals surface area contributed by atoms with Crippen molar-refractivity contribution in [1.29, 1.82) is 0 Å². The second-order valence-electron chi connectivity index (χ2n) is 6.16. The lowest BCUT2D eigenvalue weighted by Gasteiger charge is -2.22. The second kappa shape index (κ2) is 5.95. The molecule has 0 aliphatic rings. The molecule has 110 valence electrons. The van der Waals surface area contributed by atoms with Crippen LogP contribution in [-0.2, 0) is 0 Å². The van der Waals surface area contributed by atoms with Crippen LogP contribution in [-0.4, -0.2) is 16.4 Å². The van der Waals surface area contributed by atoms with Crippen LogP contribution in [0, 0.1) is 6.92 Å². The first-order valence-corrected chi connectivity index (χ1v) is 6.95. The van der Waals surface area contributed by atoms with E-state index < -0.39 is 0 Å². The molecule has 21 heavy (non-hydrogen) atoms. The van der Waals surface area contributed by atoms with E-state index in [-0.39, 0.29) is 11.4 Å². The fourth-order valence-electron chi connectivity index (χ4n) is 1.99. The van der Waals surface area contributed by atoms with E-state index in [0.717, 1.165) is 16.9 Å². The van der Waals surface area contributed by atoms with Gasteiger partial charge in [0.1, 0.15) is 0 Å². The van der Waals surface area contributed by atoms with E-state index in [9.17, 15) is 4.79 Å². The maximum Gasteiger partial charge on any atom is 0.257 e. The van der Waals surface area contributed by atoms with Gasteiger partial charge in [0.05, 0.1) is 11.3 Å². The van der Waals surface area contributed by atoms with E-state index in [0.29, 0.717) is 5.56 Å². The van der Waals surface area contributed by atoms with E-state index in [1.165, 1.54) is 0 Å². The number of nitrogens with one attached hydrogen (secondary N) is 2. The third-order valence-corrected chi connectivity index (χ3v) is 2.80. The summed E-state index contributed by atoms with van der Waals surface area (Å²) in [4.78, 5) is 16.4. The Hall–Kier alpha value is -2.36. The molecule has 1 heterocycles. The standard InChI is InChI=1S/C17H21N3O/c1-12-6-5-7-14(8-12)19-16(21)13-9-15(11-18-10-13)20-17(2,3)4/h5-11,20H,1-4H3,(H,19,21). The number of anilines is 2. The van der Waals surface area contributed by atoms with Gasteiger partial charge in [-0.05, 0) is 51.5 Å². The number of hydrogen-bond donors (Lipinski definition) is 2. The van der Waals surface area contributed by atoms with E-state index in [1.807, 2.05) is 37.3 Å². The number of benzene rings is 1. The molecule has 4 nitrogen and oxygen atoms in total. The first-order chi connectivity index (χ1) is 9.83. The Morgan fingerprint density at radius 3 is 2.52 bits per heavy atom. The van der Waals surface area contributed by atoms with Gasteiger partial charge in [-0.25, -0.2) is 0 Å². The maximum atomic E-state index is 12.3. The largest absolute Gasteiger partial charge is 0.379 e. The molecular weight excluding hydrogens is 262 g/mol. The van der Waals surface area contributed by atoms with E-state index in [2.05, 4.69) is 36.4 Å². The molecule has 0 bridgehead atoms. The number of pyridine rings is 1. The molecule has 0 aliphatic heterocycles. The molecular formula is C17H21N3O. The molecule has 2 rings (SSSR count). The summed E-state index contributed by atoms with van der Waals surface area (Å²) < 4.78 is 0. The van der Waals surface area contributed by atoms with Crippen LogP contribution < -0.4 is 10.6 Å². The van der Waals surface area contributed by atoms with Gasteiger partial charge in [-0.15, -0.1) is 0 Å². The van der Waals surface area contributed by atoms with Crippen LogP contribution in [0.25, 0.3) is 0 Å². The molecule has 1 aromatic carbocycles. The topological polar surface area (TPSA) is 54.0 Å². The lowest BCUT2D eigenvalue weighted by Crippen LogP contribution is -2.26. The molecule has 0 saturated carbocycles. The molecule has 2 N–H and O–H groups in total. The van der Waals surface area contributed by atoms with Crippen molar-refractivity contribution < 1.29 is 4.79 Å². The van der Waals surface area contributed by atoms with Gasteiger partial charge in [-0.3, -0.25) is 9.78 Å². The van der Waals surface area contributed by atoms with Gasteiger partial charge < -0.3 is 10.6 Å². The van der Waals surface area contributed by atoms with Crippen molar-refractivity contribution in [1.82, 2.24) is 4.98 Å². The lowest BCUT2D eigenvalue weighted by molar-refractivity contribution is 0.102. The predicted octanol–water partition coefficient (Wildman–Crippen LogP) is 3.85. The summed E-state index contributed by atoms with van der Waals surface area (Å²) in [6.45, 7) is 8.18. The molecule has 0 fully saturated rings. The van der Waals surface area contributed by atoms with Crippen molar-refractivity contribution in [2.75, 3.05) is 10.6 Å². The second-order valence-corrected chi connectivity index (χ2v) is 6.16. The Morgan fingerprint density at radius 2 is 1.86 bits per heavy atom. The molecule has 0 atom stereocenters. The van der Waals surface area contributed by atoms with E-state index in [4.69, 9.17) is 0 Å². The molecule has 0 unspecified atom stereocenters. The molecule has 4 heteroatoms. The Balaban J connectivity index is 2.14. The quantitative estimate of drug-likeness (QED) is 0.899. The van der Waals surface area contributed by atoms with Crippen LogP contribution >= 0.6 is 0 Å². The molecule has 0 saturated heterocycles. The Bertz CT molecular complexity index is 644. The molecule has 2 aromatic rings. The summed E-state index contributed by atoms with van der Waals surface area (Å²) in [6.07, 6.45) is 3.29. The minimum atomic E-state index is -0.161. The zero-order valence-electron chi connectivity index (χ0n) is 12.9. The van der Waals surface area contributed by atoms with Gasteiger partial charge in [-0.1, -0.05) is 12.1 Å². The van der Waals surface area contributed by atoms with E-state index in [1.54, 1.807) is 12.4 Å². The number of carbonyl (C=O) groups is 1. The molecule has 1 amide bonds. The highest BCUT2D eigenvalue weighted by molar-refractivity contribution is 6.04. The van der Waals surface area contributed by atoms with Gasteiger partial charge >= 0.3 is 0 Å². The van der Waals surface area contributed by atoms with Crippen LogP contribution in [0.2, 0.25) is 0 Å². The van der Waals surface area contributed by atoms with Crippen LogP contribution in [0.3, 0.4) is 0 Å². The highest BCUT2D eigenvalue weighted by Crippen LogP contribution is 2.16. The molecule has 0 aliphatic carbocycles. The summed E-state index contributed by atoms with van der Waals surface area (Å²) in [5, 5.41) is 6.19. The molecule has 1 aromatic heterocycles. The van der Waals surface area contributed by atoms with Crippen molar-refractivity contribution in [2.45, 2.75) is 33.2 Å². The summed E-state index contributed by atoms with van der Waals surface area (Å²) in [5.41, 5.74) is 3.18. The first-order valence-electron chi connectivity index (χ1n) is 6.95. The lowest BCUT2D eigenvalue weighted by atomic mass is 10.1. The van der Waals surface area contributed by atoms with Crippen LogP contribution in [0.1, 0.15) is 36.7 Å². The van der Waals surface area contributed by atoms with Crippen LogP contribution in [0.15, 0.2) is 42.7 Å². The van der Waals surface area contributed by atoms with Gasteiger partial charge in [0.15, 0.2) is 0 Å². The number of hydrogen-bond acceptors (Lipinski definition) is 3. The van der Waals surface area contributed by atoms with Gasteiger partial charge in [0, 0.05) is 23.6 Å². The smallest absolute Gasteiger partial charge is 0.257 e. The van der Waals surface area contributed by atoms with Gasteiger partial charge in [0.2, 0.25) is 0 Å². The van der Waals surface area contributed by atoms with Gasteiger partial charge in [-0.2, -0.15) is 0 Å². The van der Waals surface area contributed by atoms with Crippen LogP contribution in [0.4, 0.5) is 11.4 Å². The number of carbonyl (C=O) groups excluding carboxylic acids is 1. The van der Waals surface area contributed by atoms with Crippen molar-refractivity contribution in [3.63, 3.8) is 0 Å². The average Bonchev–Trinajstić information content (AvgIpc) is 2.37. The minimum Gasteiger partial charge on any atom is -0.379 e. The van der Waals surface area contributed by atoms with Gasteiger partial charge in [0.25, 0.3) is 5.91 Å². The summed E-state index contributed by atoms with van der Waals surface area (Å²) >= 11 is 0. The third kappa shape index (κ3) is 4.60. The first kappa shape index (κ1) is 15.0. The number of aryl methyl sites for hydroxylation is 1. The minimum absolute atomic E-state index is 0.0761. The fraction of sp³-hybridized carbons (Fsp3) is 0.294. The Morgan fingerprint density at radius 1 is 1.10 bits per heavy atom. The Kier molecular flexibility index (Phi) is 4.26. The maximum absolute atomic E-state index is 12.3. The third-order valence-electron chi connectivity index (χ3n) is 2.80. The highest BCUT2D eigenvalue weighted by Gasteiger charge is 2.12. The predicted molar refractivity (Wildman–Crippen MR) is 86.7 cm³/mol. The van der Waals surface area contributed by atoms with Crippen LogP contribution in [0.5, 0.6) is 0 Å². The molecule has 0 radical (unpaired) electrons. The monoisotopic (exact) mass is 283 g/mol. The zero-order chi connectivity index (χ0) is 15.5. The van der Waals surface area contributed by atoms with Crippen molar-refractivity contribution in [3.8, 4) is 0 Å². The van der Waals surface area contributed by atoms with E-state index >= 15 is 0 Å². The number of aromatic nitrogens is 1. The van der Waals surface area contributed by atoms with Crippen molar-refractivity contribution >= 4 is 17.3 Å². The SMILES string of the molecule is Cc1cccc(NC(=O)c2cncc(NC(C)(C)C)c2)c1. The van der Waals surface area contributed by atoms with Crippen molar-refractivity contribution in [2.24, 2.45) is 0 Å². The summed E-state index contributed by atoms with van der Waals surface area (Å²) in [7, 11) is 0. The average molecular weight is 283 g/mol. The number of rotatable bonds is 3. The Labute approximate surface area is 125 Å². The fourth-order valence-corrected chi connectivity index (χ4v) is 1.99. The number of amides is 1. The normalized spacial score (nSPS) is 11.0. The highest BCUT2D eigenvalue weighted by atomic mass is 16.1. The number of nitrogens with zero attached hydrogens (tertiary/aromatic N) is 1. The summed E-state index contributed by atoms with van der Waals surface area (Å²) in [5.74, 6) is -0.161. The summed E-state index contributed by atoms with van der Waals surface area (Å²) in [6, 6.07) is 9.52. The molecule has 0 spiro atoms. The zero-order valence-corrected chi connectivity index (χ0v) is 12.9.